The van der Waals surface area contributed by atoms with Crippen LogP contribution in [0.4, 0.5) is 5.69 Å². The molecule has 1 saturated heterocycles. The van der Waals surface area contributed by atoms with Crippen LogP contribution in [-0.2, 0) is 13.5 Å². The first-order valence-corrected chi connectivity index (χ1v) is 6.70. The summed E-state index contributed by atoms with van der Waals surface area (Å²) in [4.78, 5) is 10.7. The lowest BCUT2D eigenvalue weighted by atomic mass is 10.1. The first-order valence-electron chi connectivity index (χ1n) is 6.70. The zero-order chi connectivity index (χ0) is 13.8. The third kappa shape index (κ3) is 3.04. The summed E-state index contributed by atoms with van der Waals surface area (Å²) in [5, 5.41) is 18.6. The second-order valence-corrected chi connectivity index (χ2v) is 4.79. The molecular formula is C12H20N4O3. The van der Waals surface area contributed by atoms with Crippen LogP contribution in [0.3, 0.4) is 0 Å². The summed E-state index contributed by atoms with van der Waals surface area (Å²) in [6.45, 7) is 3.28. The van der Waals surface area contributed by atoms with Crippen LogP contribution < -0.4 is 10.1 Å². The Morgan fingerprint density at radius 3 is 2.95 bits per heavy atom. The Hall–Kier alpha value is -1.63. The van der Waals surface area contributed by atoms with Gasteiger partial charge in [-0.05, 0) is 25.8 Å². The number of nitro groups is 1. The Labute approximate surface area is 112 Å². The van der Waals surface area contributed by atoms with Crippen LogP contribution in [-0.4, -0.2) is 33.9 Å². The standard InChI is InChI=1S/C12H20N4O3/c1-3-10-11(16(17)18)12(15(2)14-10)19-8-9-6-4-5-7-13-9/h9,13H,3-8H2,1-2H3. The van der Waals surface area contributed by atoms with Crippen molar-refractivity contribution < 1.29 is 9.66 Å². The summed E-state index contributed by atoms with van der Waals surface area (Å²) in [7, 11) is 1.68. The van der Waals surface area contributed by atoms with Crippen LogP contribution in [0, 0.1) is 10.1 Å². The van der Waals surface area contributed by atoms with Crippen LogP contribution >= 0.6 is 0 Å². The van der Waals surface area contributed by atoms with E-state index in [9.17, 15) is 10.1 Å². The fourth-order valence-corrected chi connectivity index (χ4v) is 2.38. The number of ether oxygens (including phenoxy) is 1. The molecule has 1 aliphatic heterocycles. The second kappa shape index (κ2) is 6.01. The molecule has 0 saturated carbocycles. The fourth-order valence-electron chi connectivity index (χ4n) is 2.38. The maximum atomic E-state index is 11.1. The van der Waals surface area contributed by atoms with Gasteiger partial charge in [-0.25, -0.2) is 4.68 Å². The van der Waals surface area contributed by atoms with E-state index in [1.165, 1.54) is 17.5 Å². The van der Waals surface area contributed by atoms with Crippen LogP contribution in [0.5, 0.6) is 5.88 Å². The van der Waals surface area contributed by atoms with Crippen molar-refractivity contribution in [3.05, 3.63) is 15.8 Å². The number of aromatic nitrogens is 2. The summed E-state index contributed by atoms with van der Waals surface area (Å²) in [6, 6.07) is 0.272. The van der Waals surface area contributed by atoms with Gasteiger partial charge in [0.1, 0.15) is 12.3 Å². The predicted molar refractivity (Wildman–Crippen MR) is 70.4 cm³/mol. The molecule has 106 valence electrons. The number of nitrogens with one attached hydrogen (secondary N) is 1. The fraction of sp³-hybridized carbons (Fsp3) is 0.750. The maximum Gasteiger partial charge on any atom is 0.353 e. The van der Waals surface area contributed by atoms with E-state index in [2.05, 4.69) is 10.4 Å². The molecule has 1 atom stereocenters. The van der Waals surface area contributed by atoms with Gasteiger partial charge in [-0.2, -0.15) is 5.10 Å². The number of hydrogen-bond donors (Lipinski definition) is 1. The third-order valence-corrected chi connectivity index (χ3v) is 3.39. The molecule has 7 heteroatoms. The molecule has 2 rings (SSSR count). The van der Waals surface area contributed by atoms with Gasteiger partial charge in [0.15, 0.2) is 0 Å². The summed E-state index contributed by atoms with van der Waals surface area (Å²) >= 11 is 0. The molecule has 0 amide bonds. The zero-order valence-corrected chi connectivity index (χ0v) is 11.4. The smallest absolute Gasteiger partial charge is 0.353 e. The topological polar surface area (TPSA) is 82.2 Å². The average Bonchev–Trinajstić information content (AvgIpc) is 2.74. The maximum absolute atomic E-state index is 11.1. The molecule has 1 fully saturated rings. The first-order chi connectivity index (χ1) is 9.13. The van der Waals surface area contributed by atoms with E-state index in [1.807, 2.05) is 6.92 Å². The third-order valence-electron chi connectivity index (χ3n) is 3.39. The van der Waals surface area contributed by atoms with Gasteiger partial charge >= 0.3 is 5.69 Å². The molecule has 1 N–H and O–H groups in total. The number of hydrogen-bond acceptors (Lipinski definition) is 5. The zero-order valence-electron chi connectivity index (χ0n) is 11.4. The molecule has 0 aliphatic carbocycles. The highest BCUT2D eigenvalue weighted by molar-refractivity contribution is 5.46. The molecule has 7 nitrogen and oxygen atoms in total. The van der Waals surface area contributed by atoms with Crippen molar-refractivity contribution >= 4 is 5.69 Å². The van der Waals surface area contributed by atoms with Crippen LogP contribution in [0.25, 0.3) is 0 Å². The minimum atomic E-state index is -0.407. The van der Waals surface area contributed by atoms with Gasteiger partial charge in [-0.1, -0.05) is 13.3 Å². The molecule has 19 heavy (non-hydrogen) atoms. The van der Waals surface area contributed by atoms with Gasteiger partial charge in [0.25, 0.3) is 5.88 Å². The minimum absolute atomic E-state index is 0.000749. The Kier molecular flexibility index (Phi) is 4.36. The lowest BCUT2D eigenvalue weighted by Crippen LogP contribution is -2.38. The molecule has 0 radical (unpaired) electrons. The lowest BCUT2D eigenvalue weighted by molar-refractivity contribution is -0.386. The Morgan fingerprint density at radius 1 is 1.58 bits per heavy atom. The monoisotopic (exact) mass is 268 g/mol. The van der Waals surface area contributed by atoms with Crippen molar-refractivity contribution in [2.75, 3.05) is 13.2 Å². The van der Waals surface area contributed by atoms with E-state index in [4.69, 9.17) is 4.74 Å². The molecular weight excluding hydrogens is 248 g/mol. The highest BCUT2D eigenvalue weighted by Gasteiger charge is 2.28. The first kappa shape index (κ1) is 13.8. The summed E-state index contributed by atoms with van der Waals surface area (Å²) in [6.07, 6.45) is 3.93. The van der Waals surface area contributed by atoms with Gasteiger partial charge in [-0.15, -0.1) is 0 Å². The quantitative estimate of drug-likeness (QED) is 0.645. The average molecular weight is 268 g/mol. The molecule has 1 aliphatic rings. The van der Waals surface area contributed by atoms with Gasteiger partial charge in [0.2, 0.25) is 0 Å². The van der Waals surface area contributed by atoms with Gasteiger partial charge < -0.3 is 10.1 Å². The number of piperidine rings is 1. The number of nitrogens with zero attached hydrogens (tertiary/aromatic N) is 3. The summed E-state index contributed by atoms with van der Waals surface area (Å²) < 4.78 is 7.11. The highest BCUT2D eigenvalue weighted by Crippen LogP contribution is 2.30. The van der Waals surface area contributed by atoms with E-state index in [0.717, 1.165) is 13.0 Å². The normalized spacial score (nSPS) is 19.4. The van der Waals surface area contributed by atoms with Crippen LogP contribution in [0.2, 0.25) is 0 Å². The molecule has 2 heterocycles. The second-order valence-electron chi connectivity index (χ2n) is 4.79. The molecule has 1 aromatic heterocycles. The minimum Gasteiger partial charge on any atom is -0.471 e. The van der Waals surface area contributed by atoms with Crippen LogP contribution in [0.15, 0.2) is 0 Å². The predicted octanol–water partition coefficient (Wildman–Crippen LogP) is 1.41. The largest absolute Gasteiger partial charge is 0.471 e. The highest BCUT2D eigenvalue weighted by atomic mass is 16.6. The molecule has 0 spiro atoms. The SMILES string of the molecule is CCc1nn(C)c(OCC2CCCCN2)c1[N+](=O)[O-]. The summed E-state index contributed by atoms with van der Waals surface area (Å²) in [5.74, 6) is 0.259. The van der Waals surface area contributed by atoms with Crippen molar-refractivity contribution in [3.63, 3.8) is 0 Å². The van der Waals surface area contributed by atoms with Crippen molar-refractivity contribution in [2.24, 2.45) is 7.05 Å². The Balaban J connectivity index is 2.10. The van der Waals surface area contributed by atoms with E-state index < -0.39 is 4.92 Å². The van der Waals surface area contributed by atoms with E-state index in [1.54, 1.807) is 7.05 Å². The molecule has 0 bridgehead atoms. The van der Waals surface area contributed by atoms with Crippen LogP contribution in [0.1, 0.15) is 31.9 Å². The number of rotatable bonds is 5. The van der Waals surface area contributed by atoms with Crippen molar-refractivity contribution in [3.8, 4) is 5.88 Å². The van der Waals surface area contributed by atoms with E-state index in [-0.39, 0.29) is 17.6 Å². The van der Waals surface area contributed by atoms with Gasteiger partial charge in [0, 0.05) is 13.1 Å². The summed E-state index contributed by atoms with van der Waals surface area (Å²) in [5.41, 5.74) is 0.472. The van der Waals surface area contributed by atoms with E-state index >= 15 is 0 Å². The van der Waals surface area contributed by atoms with Gasteiger partial charge in [-0.3, -0.25) is 10.1 Å². The Bertz CT molecular complexity index is 452. The molecule has 0 aromatic carbocycles. The van der Waals surface area contributed by atoms with Gasteiger partial charge in [0.05, 0.1) is 4.92 Å². The van der Waals surface area contributed by atoms with Crippen molar-refractivity contribution in [2.45, 2.75) is 38.6 Å². The van der Waals surface area contributed by atoms with Crippen molar-refractivity contribution in [1.29, 1.82) is 0 Å². The van der Waals surface area contributed by atoms with Crippen molar-refractivity contribution in [1.82, 2.24) is 15.1 Å². The molecule has 1 unspecified atom stereocenters. The van der Waals surface area contributed by atoms with E-state index in [0.29, 0.717) is 18.7 Å². The molecule has 1 aromatic rings. The Morgan fingerprint density at radius 2 is 2.37 bits per heavy atom. The number of aryl methyl sites for hydroxylation is 2. The lowest BCUT2D eigenvalue weighted by Gasteiger charge is -2.23.